The molecule has 0 amide bonds. The number of hydrogen-bond donors (Lipinski definition) is 2. The van der Waals surface area contributed by atoms with E-state index in [-0.39, 0.29) is 0 Å². The van der Waals surface area contributed by atoms with Gasteiger partial charge in [0.05, 0.1) is 0 Å². The van der Waals surface area contributed by atoms with Gasteiger partial charge in [0.2, 0.25) is 0 Å². The maximum atomic E-state index is 9.01. The minimum atomic E-state index is -0.575. The quantitative estimate of drug-likeness (QED) is 0.604. The number of aliphatic hydroxyl groups excluding tert-OH is 1. The molecule has 0 bridgehead atoms. The molecule has 0 saturated heterocycles. The van der Waals surface area contributed by atoms with Crippen molar-refractivity contribution in [1.29, 1.82) is 0 Å². The number of aromatic nitrogens is 1. The van der Waals surface area contributed by atoms with Crippen LogP contribution in [-0.2, 0) is 0 Å². The van der Waals surface area contributed by atoms with Crippen LogP contribution >= 0.6 is 0 Å². The zero-order valence-corrected chi connectivity index (χ0v) is 7.91. The third-order valence-electron chi connectivity index (χ3n) is 1.98. The molecular weight excluding hydrogens is 174 g/mol. The van der Waals surface area contributed by atoms with Gasteiger partial charge in [0, 0.05) is 17.3 Å². The van der Waals surface area contributed by atoms with E-state index >= 15 is 0 Å². The second-order valence-corrected chi connectivity index (χ2v) is 3.23. The van der Waals surface area contributed by atoms with Crippen LogP contribution < -0.4 is 0 Å². The smallest absolute Gasteiger partial charge is 0.112 e. The van der Waals surface area contributed by atoms with E-state index in [9.17, 15) is 0 Å². The maximum absolute atomic E-state index is 9.01. The van der Waals surface area contributed by atoms with Gasteiger partial charge in [-0.1, -0.05) is 17.9 Å². The molecule has 0 radical (unpaired) electrons. The average molecular weight is 185 g/mol. The second kappa shape index (κ2) is 3.57. The maximum Gasteiger partial charge on any atom is 0.112 e. The van der Waals surface area contributed by atoms with Crippen molar-refractivity contribution in [2.24, 2.45) is 0 Å². The van der Waals surface area contributed by atoms with E-state index in [4.69, 9.17) is 5.11 Å². The fourth-order valence-corrected chi connectivity index (χ4v) is 1.31. The molecule has 0 aliphatic heterocycles. The van der Waals surface area contributed by atoms with Crippen molar-refractivity contribution in [3.63, 3.8) is 0 Å². The molecule has 1 aromatic heterocycles. The summed E-state index contributed by atoms with van der Waals surface area (Å²) < 4.78 is 0. The van der Waals surface area contributed by atoms with E-state index < -0.39 is 6.10 Å². The Bertz CT molecular complexity index is 500. The van der Waals surface area contributed by atoms with Crippen molar-refractivity contribution < 1.29 is 5.11 Å². The normalized spacial score (nSPS) is 12.1. The van der Waals surface area contributed by atoms with Crippen LogP contribution in [0.15, 0.2) is 30.5 Å². The van der Waals surface area contributed by atoms with Gasteiger partial charge < -0.3 is 10.1 Å². The topological polar surface area (TPSA) is 36.0 Å². The van der Waals surface area contributed by atoms with Gasteiger partial charge in [-0.05, 0) is 30.5 Å². The summed E-state index contributed by atoms with van der Waals surface area (Å²) in [5, 5.41) is 10.2. The molecule has 0 aliphatic carbocycles. The van der Waals surface area contributed by atoms with Crippen LogP contribution in [0.4, 0.5) is 0 Å². The molecule has 0 aliphatic rings. The van der Waals surface area contributed by atoms with Gasteiger partial charge in [-0.2, -0.15) is 0 Å². The molecule has 1 unspecified atom stereocenters. The third kappa shape index (κ3) is 1.78. The van der Waals surface area contributed by atoms with Crippen molar-refractivity contribution >= 4 is 10.9 Å². The van der Waals surface area contributed by atoms with Gasteiger partial charge in [-0.25, -0.2) is 0 Å². The molecular formula is C12H11NO. The van der Waals surface area contributed by atoms with E-state index in [1.54, 1.807) is 6.92 Å². The second-order valence-electron chi connectivity index (χ2n) is 3.23. The fraction of sp³-hybridized carbons (Fsp3) is 0.167. The highest BCUT2D eigenvalue weighted by Gasteiger charge is 1.94. The van der Waals surface area contributed by atoms with Crippen LogP contribution in [0.1, 0.15) is 12.5 Å². The minimum absolute atomic E-state index is 0.575. The Morgan fingerprint density at radius 3 is 3.00 bits per heavy atom. The lowest BCUT2D eigenvalue weighted by molar-refractivity contribution is 0.253. The van der Waals surface area contributed by atoms with Crippen molar-refractivity contribution in [3.05, 3.63) is 36.0 Å². The highest BCUT2D eigenvalue weighted by Crippen LogP contribution is 2.13. The highest BCUT2D eigenvalue weighted by molar-refractivity contribution is 5.80. The monoisotopic (exact) mass is 185 g/mol. The zero-order chi connectivity index (χ0) is 9.97. The lowest BCUT2D eigenvalue weighted by Crippen LogP contribution is -1.92. The van der Waals surface area contributed by atoms with Crippen molar-refractivity contribution in [3.8, 4) is 11.8 Å². The molecule has 1 heterocycles. The van der Waals surface area contributed by atoms with Crippen LogP contribution in [0.5, 0.6) is 0 Å². The van der Waals surface area contributed by atoms with E-state index in [1.807, 2.05) is 30.5 Å². The van der Waals surface area contributed by atoms with Crippen molar-refractivity contribution in [2.75, 3.05) is 0 Å². The number of aromatic amines is 1. The Labute approximate surface area is 82.6 Å². The summed E-state index contributed by atoms with van der Waals surface area (Å²) in [6.45, 7) is 1.65. The first-order valence-electron chi connectivity index (χ1n) is 4.52. The predicted octanol–water partition coefficient (Wildman–Crippen LogP) is 1.90. The fourth-order valence-electron chi connectivity index (χ4n) is 1.31. The van der Waals surface area contributed by atoms with Gasteiger partial charge in [0.25, 0.3) is 0 Å². The standard InChI is InChI=1S/C12H11NO/c1-9(14)2-3-10-4-5-11-6-7-13-12(11)8-10/h4-9,13-14H,1H3. The lowest BCUT2D eigenvalue weighted by atomic mass is 10.1. The van der Waals surface area contributed by atoms with Crippen LogP contribution in [-0.4, -0.2) is 16.2 Å². The molecule has 0 saturated carbocycles. The van der Waals surface area contributed by atoms with E-state index in [1.165, 1.54) is 5.39 Å². The van der Waals surface area contributed by atoms with E-state index in [2.05, 4.69) is 16.8 Å². The first-order valence-corrected chi connectivity index (χ1v) is 4.52. The Balaban J connectivity index is 2.41. The summed E-state index contributed by atoms with van der Waals surface area (Å²) in [7, 11) is 0. The number of fused-ring (bicyclic) bond motifs is 1. The number of benzene rings is 1. The molecule has 2 nitrogen and oxygen atoms in total. The molecule has 1 aromatic carbocycles. The number of H-pyrrole nitrogens is 1. The summed E-state index contributed by atoms with van der Waals surface area (Å²) >= 11 is 0. The molecule has 2 heteroatoms. The average Bonchev–Trinajstić information content (AvgIpc) is 2.61. The number of hydrogen-bond acceptors (Lipinski definition) is 1. The summed E-state index contributed by atoms with van der Waals surface area (Å²) in [5.74, 6) is 5.62. The lowest BCUT2D eigenvalue weighted by Gasteiger charge is -1.92. The van der Waals surface area contributed by atoms with Gasteiger partial charge in [0.15, 0.2) is 0 Å². The number of rotatable bonds is 0. The van der Waals surface area contributed by atoms with Crippen molar-refractivity contribution in [1.82, 2.24) is 4.98 Å². The molecule has 14 heavy (non-hydrogen) atoms. The molecule has 70 valence electrons. The molecule has 2 N–H and O–H groups in total. The Kier molecular flexibility index (Phi) is 2.26. The van der Waals surface area contributed by atoms with E-state index in [0.29, 0.717) is 0 Å². The highest BCUT2D eigenvalue weighted by atomic mass is 16.3. The molecule has 0 spiro atoms. The SMILES string of the molecule is CC(O)C#Cc1ccc2cc[nH]c2c1. The number of nitrogens with one attached hydrogen (secondary N) is 1. The summed E-state index contributed by atoms with van der Waals surface area (Å²) in [4.78, 5) is 3.12. The molecule has 2 rings (SSSR count). The molecule has 2 aromatic rings. The van der Waals surface area contributed by atoms with Crippen molar-refractivity contribution in [2.45, 2.75) is 13.0 Å². The summed E-state index contributed by atoms with van der Waals surface area (Å²) in [6.07, 6.45) is 1.32. The van der Waals surface area contributed by atoms with Gasteiger partial charge in [0.1, 0.15) is 6.10 Å². The van der Waals surface area contributed by atoms with Crippen LogP contribution in [0, 0.1) is 11.8 Å². The van der Waals surface area contributed by atoms with E-state index in [0.717, 1.165) is 11.1 Å². The number of aliphatic hydroxyl groups is 1. The first kappa shape index (κ1) is 8.86. The van der Waals surface area contributed by atoms with Crippen LogP contribution in [0.25, 0.3) is 10.9 Å². The largest absolute Gasteiger partial charge is 0.381 e. The van der Waals surface area contributed by atoms with Crippen LogP contribution in [0.3, 0.4) is 0 Å². The Hall–Kier alpha value is -1.72. The van der Waals surface area contributed by atoms with Crippen LogP contribution in [0.2, 0.25) is 0 Å². The van der Waals surface area contributed by atoms with Gasteiger partial charge >= 0.3 is 0 Å². The van der Waals surface area contributed by atoms with Gasteiger partial charge in [-0.15, -0.1) is 0 Å². The van der Waals surface area contributed by atoms with Gasteiger partial charge in [-0.3, -0.25) is 0 Å². The first-order chi connectivity index (χ1) is 6.75. The molecule has 0 fully saturated rings. The predicted molar refractivity (Wildman–Crippen MR) is 56.9 cm³/mol. The third-order valence-corrected chi connectivity index (χ3v) is 1.98. The Morgan fingerprint density at radius 1 is 1.36 bits per heavy atom. The summed E-state index contributed by atoms with van der Waals surface area (Å²) in [6, 6.07) is 7.95. The Morgan fingerprint density at radius 2 is 2.21 bits per heavy atom. The summed E-state index contributed by atoms with van der Waals surface area (Å²) in [5.41, 5.74) is 1.99. The zero-order valence-electron chi connectivity index (χ0n) is 7.91. The minimum Gasteiger partial charge on any atom is -0.381 e. The molecule has 1 atom stereocenters.